The van der Waals surface area contributed by atoms with E-state index in [4.69, 9.17) is 18.9 Å². The fraction of sp³-hybridized carbons (Fsp3) is 0.350. The Morgan fingerprint density at radius 2 is 2.00 bits per heavy atom. The SMILES string of the molecule is CCOC1Oc2cc(OC)cc(OCc3ccccc3)c2[C@H]1CC#N. The van der Waals surface area contributed by atoms with Crippen LogP contribution in [0.5, 0.6) is 17.2 Å². The quantitative estimate of drug-likeness (QED) is 0.762. The van der Waals surface area contributed by atoms with Gasteiger partial charge in [0.15, 0.2) is 0 Å². The molecular weight excluding hydrogens is 318 g/mol. The molecule has 5 nitrogen and oxygen atoms in total. The molecule has 2 atom stereocenters. The number of nitrogens with zero attached hydrogens (tertiary/aromatic N) is 1. The Hall–Kier alpha value is -2.71. The van der Waals surface area contributed by atoms with Crippen molar-refractivity contribution in [2.24, 2.45) is 0 Å². The topological polar surface area (TPSA) is 60.7 Å². The van der Waals surface area contributed by atoms with Crippen molar-refractivity contribution in [3.63, 3.8) is 0 Å². The van der Waals surface area contributed by atoms with Crippen molar-refractivity contribution in [1.29, 1.82) is 5.26 Å². The third-order valence-electron chi connectivity index (χ3n) is 4.14. The normalized spacial score (nSPS) is 18.1. The molecule has 3 rings (SSSR count). The van der Waals surface area contributed by atoms with Crippen LogP contribution in [0.15, 0.2) is 42.5 Å². The lowest BCUT2D eigenvalue weighted by Crippen LogP contribution is -2.22. The average Bonchev–Trinajstić information content (AvgIpc) is 2.98. The van der Waals surface area contributed by atoms with Crippen LogP contribution in [0.3, 0.4) is 0 Å². The van der Waals surface area contributed by atoms with E-state index in [2.05, 4.69) is 6.07 Å². The van der Waals surface area contributed by atoms with Gasteiger partial charge in [0.25, 0.3) is 0 Å². The minimum Gasteiger partial charge on any atom is -0.496 e. The Morgan fingerprint density at radius 3 is 2.68 bits per heavy atom. The summed E-state index contributed by atoms with van der Waals surface area (Å²) in [6.07, 6.45) is -0.183. The van der Waals surface area contributed by atoms with Gasteiger partial charge in [-0.3, -0.25) is 0 Å². The number of benzene rings is 2. The molecule has 5 heteroatoms. The van der Waals surface area contributed by atoms with Crippen LogP contribution in [0.2, 0.25) is 0 Å². The van der Waals surface area contributed by atoms with Gasteiger partial charge >= 0.3 is 0 Å². The Morgan fingerprint density at radius 1 is 1.20 bits per heavy atom. The molecule has 0 aliphatic carbocycles. The first-order valence-corrected chi connectivity index (χ1v) is 8.30. The molecule has 130 valence electrons. The third kappa shape index (κ3) is 3.70. The first kappa shape index (κ1) is 17.1. The van der Waals surface area contributed by atoms with Crippen molar-refractivity contribution in [3.05, 3.63) is 53.6 Å². The lowest BCUT2D eigenvalue weighted by atomic mass is 9.96. The third-order valence-corrected chi connectivity index (χ3v) is 4.14. The van der Waals surface area contributed by atoms with Crippen LogP contribution in [-0.4, -0.2) is 20.0 Å². The van der Waals surface area contributed by atoms with Gasteiger partial charge in [-0.05, 0) is 12.5 Å². The van der Waals surface area contributed by atoms with Gasteiger partial charge in [-0.25, -0.2) is 0 Å². The molecule has 1 unspecified atom stereocenters. The highest BCUT2D eigenvalue weighted by Gasteiger charge is 2.38. The van der Waals surface area contributed by atoms with Crippen molar-refractivity contribution < 1.29 is 18.9 Å². The van der Waals surface area contributed by atoms with Gasteiger partial charge in [0.2, 0.25) is 6.29 Å². The van der Waals surface area contributed by atoms with Crippen molar-refractivity contribution in [2.45, 2.75) is 32.2 Å². The summed E-state index contributed by atoms with van der Waals surface area (Å²) in [7, 11) is 1.60. The van der Waals surface area contributed by atoms with Crippen LogP contribution < -0.4 is 14.2 Å². The van der Waals surface area contributed by atoms with Crippen LogP contribution in [0.4, 0.5) is 0 Å². The van der Waals surface area contributed by atoms with E-state index in [1.54, 1.807) is 7.11 Å². The highest BCUT2D eigenvalue weighted by molar-refractivity contribution is 5.55. The Labute approximate surface area is 147 Å². The van der Waals surface area contributed by atoms with Crippen LogP contribution >= 0.6 is 0 Å². The van der Waals surface area contributed by atoms with Gasteiger partial charge < -0.3 is 18.9 Å². The molecule has 0 aromatic heterocycles. The Bertz CT molecular complexity index is 754. The minimum absolute atomic E-state index is 0.184. The summed E-state index contributed by atoms with van der Waals surface area (Å²) >= 11 is 0. The zero-order valence-corrected chi connectivity index (χ0v) is 14.4. The van der Waals surface area contributed by atoms with E-state index in [1.807, 2.05) is 49.4 Å². The second kappa shape index (κ2) is 7.91. The molecule has 0 amide bonds. The van der Waals surface area contributed by atoms with E-state index in [0.29, 0.717) is 36.9 Å². The Balaban J connectivity index is 1.92. The molecule has 25 heavy (non-hydrogen) atoms. The average molecular weight is 339 g/mol. The number of hydrogen-bond donors (Lipinski definition) is 0. The summed E-state index contributed by atoms with van der Waals surface area (Å²) in [4.78, 5) is 0. The van der Waals surface area contributed by atoms with Crippen LogP contribution in [-0.2, 0) is 11.3 Å². The number of hydrogen-bond acceptors (Lipinski definition) is 5. The van der Waals surface area contributed by atoms with Gasteiger partial charge in [0, 0.05) is 30.7 Å². The lowest BCUT2D eigenvalue weighted by molar-refractivity contribution is -0.0757. The summed E-state index contributed by atoms with van der Waals surface area (Å²) in [5.41, 5.74) is 1.94. The standard InChI is InChI=1S/C20H21NO4/c1-3-23-20-16(9-10-21)19-17(11-15(22-2)12-18(19)25-20)24-13-14-7-5-4-6-8-14/h4-8,11-12,16,20H,3,9,13H2,1-2H3/t16-,20?/m1/s1. The molecule has 2 aromatic rings. The van der Waals surface area contributed by atoms with E-state index in [0.717, 1.165) is 11.1 Å². The van der Waals surface area contributed by atoms with E-state index in [1.165, 1.54) is 0 Å². The summed E-state index contributed by atoms with van der Waals surface area (Å²) < 4.78 is 23.0. The minimum atomic E-state index is -0.481. The summed E-state index contributed by atoms with van der Waals surface area (Å²) in [5, 5.41) is 9.21. The largest absolute Gasteiger partial charge is 0.496 e. The number of nitriles is 1. The van der Waals surface area contributed by atoms with E-state index in [9.17, 15) is 5.26 Å². The summed E-state index contributed by atoms with van der Waals surface area (Å²) in [6.45, 7) is 2.85. The highest BCUT2D eigenvalue weighted by Crippen LogP contribution is 2.48. The summed E-state index contributed by atoms with van der Waals surface area (Å²) in [6, 6.07) is 15.8. The van der Waals surface area contributed by atoms with E-state index in [-0.39, 0.29) is 5.92 Å². The second-order valence-corrected chi connectivity index (χ2v) is 5.72. The molecular formula is C20H21NO4. The number of ether oxygens (including phenoxy) is 4. The number of rotatable bonds is 7. The molecule has 1 aliphatic rings. The number of fused-ring (bicyclic) bond motifs is 1. The molecule has 0 fully saturated rings. The van der Waals surface area contributed by atoms with Crippen LogP contribution in [0, 0.1) is 11.3 Å². The lowest BCUT2D eigenvalue weighted by Gasteiger charge is -2.17. The molecule has 0 N–H and O–H groups in total. The van der Waals surface area contributed by atoms with Gasteiger partial charge in [-0.1, -0.05) is 30.3 Å². The maximum atomic E-state index is 9.21. The zero-order chi connectivity index (χ0) is 17.6. The first-order chi connectivity index (χ1) is 12.3. The molecule has 1 heterocycles. The molecule has 0 radical (unpaired) electrons. The number of methoxy groups -OCH3 is 1. The molecule has 2 aromatic carbocycles. The Kier molecular flexibility index (Phi) is 5.42. The molecule has 0 bridgehead atoms. The van der Waals surface area contributed by atoms with E-state index < -0.39 is 6.29 Å². The molecule has 0 saturated heterocycles. The second-order valence-electron chi connectivity index (χ2n) is 5.72. The van der Waals surface area contributed by atoms with Gasteiger partial charge in [0.05, 0.1) is 19.1 Å². The van der Waals surface area contributed by atoms with Gasteiger partial charge in [-0.15, -0.1) is 0 Å². The molecule has 0 spiro atoms. The van der Waals surface area contributed by atoms with Crippen LogP contribution in [0.1, 0.15) is 30.4 Å². The van der Waals surface area contributed by atoms with Crippen molar-refractivity contribution in [2.75, 3.05) is 13.7 Å². The highest BCUT2D eigenvalue weighted by atomic mass is 16.7. The smallest absolute Gasteiger partial charge is 0.208 e. The van der Waals surface area contributed by atoms with Crippen molar-refractivity contribution >= 4 is 0 Å². The zero-order valence-electron chi connectivity index (χ0n) is 14.4. The van der Waals surface area contributed by atoms with Crippen LogP contribution in [0.25, 0.3) is 0 Å². The maximum Gasteiger partial charge on any atom is 0.208 e. The predicted octanol–water partition coefficient (Wildman–Crippen LogP) is 4.03. The van der Waals surface area contributed by atoms with E-state index >= 15 is 0 Å². The van der Waals surface area contributed by atoms with Gasteiger partial charge in [-0.2, -0.15) is 5.26 Å². The summed E-state index contributed by atoms with van der Waals surface area (Å²) in [5.74, 6) is 1.79. The van der Waals surface area contributed by atoms with Crippen molar-refractivity contribution in [1.82, 2.24) is 0 Å². The fourth-order valence-electron chi connectivity index (χ4n) is 2.97. The first-order valence-electron chi connectivity index (χ1n) is 8.30. The maximum absolute atomic E-state index is 9.21. The van der Waals surface area contributed by atoms with Crippen molar-refractivity contribution in [3.8, 4) is 23.3 Å². The molecule has 1 aliphatic heterocycles. The fourth-order valence-corrected chi connectivity index (χ4v) is 2.97. The molecule has 0 saturated carbocycles. The van der Waals surface area contributed by atoms with Gasteiger partial charge in [0.1, 0.15) is 23.9 Å². The monoisotopic (exact) mass is 339 g/mol. The predicted molar refractivity (Wildman–Crippen MR) is 92.8 cm³/mol.